The molecule has 7 heteroatoms. The Bertz CT molecular complexity index is 953. The van der Waals surface area contributed by atoms with E-state index in [2.05, 4.69) is 10.4 Å². The van der Waals surface area contributed by atoms with E-state index >= 15 is 0 Å². The number of nitrogens with zero attached hydrogens (tertiary/aromatic N) is 2. The molecule has 0 saturated heterocycles. The monoisotopic (exact) mass is 315 g/mol. The number of amides is 1. The number of nitrogens with one attached hydrogen (secondary N) is 1. The molecule has 0 aliphatic rings. The van der Waals surface area contributed by atoms with Crippen molar-refractivity contribution in [2.75, 3.05) is 5.32 Å². The van der Waals surface area contributed by atoms with Crippen LogP contribution in [-0.2, 0) is 11.3 Å². The Morgan fingerprint density at radius 1 is 1.13 bits per heavy atom. The Balaban J connectivity index is 1.84. The molecule has 0 aliphatic carbocycles. The molecule has 0 unspecified atom stereocenters. The standard InChI is InChI=1S/C16H11F2N3O2/c17-12-6-5-10(7-13(12)18)20-16(23)9-21-14-4-2-1-3-11(14)15(22)8-19-21/h1-8H,9H2,(H,20,23). The fourth-order valence-electron chi connectivity index (χ4n) is 2.20. The molecule has 1 aromatic heterocycles. The number of carbonyl (C=O) groups excluding carboxylic acids is 1. The van der Waals surface area contributed by atoms with E-state index in [1.165, 1.54) is 10.7 Å². The number of aromatic nitrogens is 2. The van der Waals surface area contributed by atoms with Crippen LogP contribution < -0.4 is 10.7 Å². The van der Waals surface area contributed by atoms with Crippen molar-refractivity contribution in [1.82, 2.24) is 9.78 Å². The molecular formula is C16H11F2N3O2. The van der Waals surface area contributed by atoms with Crippen LogP contribution in [0.5, 0.6) is 0 Å². The normalized spacial score (nSPS) is 10.7. The minimum absolute atomic E-state index is 0.138. The van der Waals surface area contributed by atoms with E-state index in [-0.39, 0.29) is 17.7 Å². The number of fused-ring (bicyclic) bond motifs is 1. The zero-order valence-electron chi connectivity index (χ0n) is 11.8. The number of anilines is 1. The van der Waals surface area contributed by atoms with E-state index in [4.69, 9.17) is 0 Å². The fraction of sp³-hybridized carbons (Fsp3) is 0.0625. The molecule has 23 heavy (non-hydrogen) atoms. The molecule has 0 atom stereocenters. The molecule has 3 aromatic rings. The maximum atomic E-state index is 13.1. The second kappa shape index (κ2) is 5.96. The van der Waals surface area contributed by atoms with Gasteiger partial charge in [-0.1, -0.05) is 12.1 Å². The molecule has 0 saturated carbocycles. The van der Waals surface area contributed by atoms with Crippen LogP contribution in [0.3, 0.4) is 0 Å². The van der Waals surface area contributed by atoms with Gasteiger partial charge in [-0.25, -0.2) is 8.78 Å². The number of hydrogen-bond acceptors (Lipinski definition) is 3. The van der Waals surface area contributed by atoms with Crippen LogP contribution >= 0.6 is 0 Å². The third-order valence-electron chi connectivity index (χ3n) is 3.26. The third kappa shape index (κ3) is 3.08. The molecular weight excluding hydrogens is 304 g/mol. The van der Waals surface area contributed by atoms with Crippen LogP contribution in [0.1, 0.15) is 0 Å². The van der Waals surface area contributed by atoms with Crippen molar-refractivity contribution >= 4 is 22.5 Å². The van der Waals surface area contributed by atoms with Gasteiger partial charge in [0.15, 0.2) is 11.6 Å². The summed E-state index contributed by atoms with van der Waals surface area (Å²) in [5.41, 5.74) is 0.414. The second-order valence-corrected chi connectivity index (χ2v) is 4.86. The lowest BCUT2D eigenvalue weighted by Crippen LogP contribution is -2.22. The van der Waals surface area contributed by atoms with Gasteiger partial charge < -0.3 is 5.32 Å². The smallest absolute Gasteiger partial charge is 0.246 e. The van der Waals surface area contributed by atoms with Gasteiger partial charge in [-0.05, 0) is 24.3 Å². The fourth-order valence-corrected chi connectivity index (χ4v) is 2.20. The quantitative estimate of drug-likeness (QED) is 0.807. The average Bonchev–Trinajstić information content (AvgIpc) is 2.54. The third-order valence-corrected chi connectivity index (χ3v) is 3.26. The highest BCUT2D eigenvalue weighted by Crippen LogP contribution is 2.13. The maximum absolute atomic E-state index is 13.1. The van der Waals surface area contributed by atoms with Crippen molar-refractivity contribution in [2.24, 2.45) is 0 Å². The van der Waals surface area contributed by atoms with Gasteiger partial charge in [-0.2, -0.15) is 5.10 Å². The average molecular weight is 315 g/mol. The van der Waals surface area contributed by atoms with Gasteiger partial charge >= 0.3 is 0 Å². The van der Waals surface area contributed by atoms with E-state index in [1.807, 2.05) is 0 Å². The number of hydrogen-bond donors (Lipinski definition) is 1. The topological polar surface area (TPSA) is 64.0 Å². The van der Waals surface area contributed by atoms with E-state index in [0.29, 0.717) is 10.9 Å². The van der Waals surface area contributed by atoms with Crippen molar-refractivity contribution in [1.29, 1.82) is 0 Å². The number of para-hydroxylation sites is 1. The molecule has 1 N–H and O–H groups in total. The summed E-state index contributed by atoms with van der Waals surface area (Å²) in [4.78, 5) is 23.8. The van der Waals surface area contributed by atoms with Gasteiger partial charge in [0.25, 0.3) is 0 Å². The SMILES string of the molecule is O=C(Cn1ncc(=O)c2ccccc21)Nc1ccc(F)c(F)c1. The molecule has 1 amide bonds. The summed E-state index contributed by atoms with van der Waals surface area (Å²) in [6.45, 7) is -0.167. The molecule has 1 heterocycles. The lowest BCUT2D eigenvalue weighted by Gasteiger charge is -2.10. The summed E-state index contributed by atoms with van der Waals surface area (Å²) in [5, 5.41) is 6.83. The highest BCUT2D eigenvalue weighted by atomic mass is 19.2. The predicted octanol–water partition coefficient (Wildman–Crippen LogP) is 2.31. The number of benzene rings is 2. The molecule has 116 valence electrons. The first kappa shape index (κ1) is 14.8. The van der Waals surface area contributed by atoms with E-state index < -0.39 is 17.5 Å². The van der Waals surface area contributed by atoms with Gasteiger partial charge in [0.1, 0.15) is 6.54 Å². The molecule has 0 fully saturated rings. The summed E-state index contributed by atoms with van der Waals surface area (Å²) in [7, 11) is 0. The van der Waals surface area contributed by atoms with Gasteiger partial charge in [-0.15, -0.1) is 0 Å². The Labute approximate surface area is 129 Å². The van der Waals surface area contributed by atoms with Gasteiger partial charge in [0, 0.05) is 17.1 Å². The van der Waals surface area contributed by atoms with Crippen LogP contribution in [0, 0.1) is 11.6 Å². The van der Waals surface area contributed by atoms with Crippen molar-refractivity contribution in [3.05, 3.63) is 70.5 Å². The maximum Gasteiger partial charge on any atom is 0.246 e. The number of halogens is 2. The van der Waals surface area contributed by atoms with Gasteiger partial charge in [-0.3, -0.25) is 14.3 Å². The Morgan fingerprint density at radius 3 is 2.70 bits per heavy atom. The van der Waals surface area contributed by atoms with Crippen LogP contribution in [-0.4, -0.2) is 15.7 Å². The summed E-state index contributed by atoms with van der Waals surface area (Å²) in [5.74, 6) is -2.51. The van der Waals surface area contributed by atoms with Crippen LogP contribution in [0.25, 0.3) is 10.9 Å². The van der Waals surface area contributed by atoms with Crippen molar-refractivity contribution in [3.8, 4) is 0 Å². The molecule has 0 spiro atoms. The molecule has 0 radical (unpaired) electrons. The van der Waals surface area contributed by atoms with Crippen molar-refractivity contribution < 1.29 is 13.6 Å². The Hall–Kier alpha value is -3.09. The predicted molar refractivity (Wildman–Crippen MR) is 81.0 cm³/mol. The molecule has 0 bridgehead atoms. The highest BCUT2D eigenvalue weighted by Gasteiger charge is 2.09. The zero-order chi connectivity index (χ0) is 16.4. The summed E-state index contributed by atoms with van der Waals surface area (Å²) in [6.07, 6.45) is 1.13. The summed E-state index contributed by atoms with van der Waals surface area (Å²) in [6, 6.07) is 9.84. The summed E-state index contributed by atoms with van der Waals surface area (Å²) >= 11 is 0. The minimum atomic E-state index is -1.05. The van der Waals surface area contributed by atoms with Crippen LogP contribution in [0.4, 0.5) is 14.5 Å². The van der Waals surface area contributed by atoms with E-state index in [9.17, 15) is 18.4 Å². The minimum Gasteiger partial charge on any atom is -0.324 e. The first-order valence-electron chi connectivity index (χ1n) is 6.74. The lowest BCUT2D eigenvalue weighted by atomic mass is 10.2. The van der Waals surface area contributed by atoms with Crippen molar-refractivity contribution in [2.45, 2.75) is 6.54 Å². The molecule has 0 aliphatic heterocycles. The second-order valence-electron chi connectivity index (χ2n) is 4.86. The first-order chi connectivity index (χ1) is 11.0. The van der Waals surface area contributed by atoms with E-state index in [1.54, 1.807) is 24.3 Å². The first-order valence-corrected chi connectivity index (χ1v) is 6.74. The molecule has 5 nitrogen and oxygen atoms in total. The van der Waals surface area contributed by atoms with Crippen molar-refractivity contribution in [3.63, 3.8) is 0 Å². The zero-order valence-corrected chi connectivity index (χ0v) is 11.8. The molecule has 3 rings (SSSR count). The number of rotatable bonds is 3. The highest BCUT2D eigenvalue weighted by molar-refractivity contribution is 5.91. The molecule has 2 aromatic carbocycles. The largest absolute Gasteiger partial charge is 0.324 e. The summed E-state index contributed by atoms with van der Waals surface area (Å²) < 4.78 is 27.4. The Kier molecular flexibility index (Phi) is 3.84. The van der Waals surface area contributed by atoms with E-state index in [0.717, 1.165) is 18.3 Å². The van der Waals surface area contributed by atoms with Gasteiger partial charge in [0.05, 0.1) is 11.7 Å². The Morgan fingerprint density at radius 2 is 1.91 bits per heavy atom. The number of carbonyl (C=O) groups is 1. The van der Waals surface area contributed by atoms with Crippen LogP contribution in [0.15, 0.2) is 53.5 Å². The van der Waals surface area contributed by atoms with Crippen LogP contribution in [0.2, 0.25) is 0 Å². The van der Waals surface area contributed by atoms with Gasteiger partial charge in [0.2, 0.25) is 11.3 Å². The lowest BCUT2D eigenvalue weighted by molar-refractivity contribution is -0.116.